The molecule has 1 saturated heterocycles. The Morgan fingerprint density at radius 2 is 1.92 bits per heavy atom. The van der Waals surface area contributed by atoms with Crippen molar-refractivity contribution in [3.8, 4) is 0 Å². The lowest BCUT2D eigenvalue weighted by Crippen LogP contribution is -2.44. The fourth-order valence-electron chi connectivity index (χ4n) is 2.99. The largest absolute Gasteiger partial charge is 0.395 e. The Bertz CT molecular complexity index is 563. The molecule has 1 aliphatic heterocycles. The van der Waals surface area contributed by atoms with Gasteiger partial charge in [0.05, 0.1) is 6.61 Å². The average Bonchev–Trinajstić information content (AvgIpc) is 2.64. The van der Waals surface area contributed by atoms with Crippen molar-refractivity contribution in [2.45, 2.75) is 19.8 Å². The number of rotatable bonds is 6. The first-order valence-corrected chi connectivity index (χ1v) is 8.57. The second-order valence-corrected chi connectivity index (χ2v) is 5.99. The molecular formula is C19H26N2O3. The van der Waals surface area contributed by atoms with Crippen LogP contribution in [0.4, 0.5) is 0 Å². The predicted molar refractivity (Wildman–Crippen MR) is 94.1 cm³/mol. The second-order valence-electron chi connectivity index (χ2n) is 5.99. The van der Waals surface area contributed by atoms with Crippen molar-refractivity contribution in [3.63, 3.8) is 0 Å². The van der Waals surface area contributed by atoms with Crippen LogP contribution in [-0.2, 0) is 9.59 Å². The molecule has 24 heavy (non-hydrogen) atoms. The number of piperidine rings is 1. The fraction of sp³-hybridized carbons (Fsp3) is 0.474. The highest BCUT2D eigenvalue weighted by molar-refractivity contribution is 5.92. The minimum absolute atomic E-state index is 0.00698. The van der Waals surface area contributed by atoms with Crippen LogP contribution in [0.3, 0.4) is 0 Å². The lowest BCUT2D eigenvalue weighted by molar-refractivity contribution is -0.139. The third kappa shape index (κ3) is 4.93. The molecule has 0 bridgehead atoms. The summed E-state index contributed by atoms with van der Waals surface area (Å²) in [7, 11) is 0. The van der Waals surface area contributed by atoms with E-state index in [9.17, 15) is 9.59 Å². The maximum Gasteiger partial charge on any atom is 0.246 e. The van der Waals surface area contributed by atoms with Crippen molar-refractivity contribution in [3.05, 3.63) is 42.0 Å². The van der Waals surface area contributed by atoms with Crippen LogP contribution in [0, 0.1) is 5.92 Å². The standard InChI is InChI=1S/C19H26N2O3/c1-2-20(14-15-22)19(24)17-10-12-21(13-11-17)18(23)9-8-16-6-4-3-5-7-16/h3-9,17,22H,2,10-15H2,1H3. The van der Waals surface area contributed by atoms with Gasteiger partial charge < -0.3 is 14.9 Å². The Balaban J connectivity index is 1.84. The normalized spacial score (nSPS) is 15.7. The number of aliphatic hydroxyl groups excluding tert-OH is 1. The van der Waals surface area contributed by atoms with E-state index in [1.807, 2.05) is 43.3 Å². The van der Waals surface area contributed by atoms with Crippen molar-refractivity contribution in [1.29, 1.82) is 0 Å². The first kappa shape index (κ1) is 18.2. The van der Waals surface area contributed by atoms with Gasteiger partial charge in [0.2, 0.25) is 11.8 Å². The zero-order valence-corrected chi connectivity index (χ0v) is 14.2. The van der Waals surface area contributed by atoms with Gasteiger partial charge in [0.25, 0.3) is 0 Å². The number of nitrogens with zero attached hydrogens (tertiary/aromatic N) is 2. The summed E-state index contributed by atoms with van der Waals surface area (Å²) in [5.41, 5.74) is 0.999. The van der Waals surface area contributed by atoms with E-state index in [4.69, 9.17) is 5.11 Å². The van der Waals surface area contributed by atoms with Crippen molar-refractivity contribution in [2.24, 2.45) is 5.92 Å². The zero-order valence-electron chi connectivity index (χ0n) is 14.2. The first-order valence-electron chi connectivity index (χ1n) is 8.57. The van der Waals surface area contributed by atoms with Crippen LogP contribution in [0.1, 0.15) is 25.3 Å². The highest BCUT2D eigenvalue weighted by atomic mass is 16.3. The Labute approximate surface area is 143 Å². The van der Waals surface area contributed by atoms with Gasteiger partial charge in [0.1, 0.15) is 0 Å². The molecule has 2 rings (SSSR count). The fourth-order valence-corrected chi connectivity index (χ4v) is 2.99. The second kappa shape index (κ2) is 9.23. The number of amides is 2. The third-order valence-electron chi connectivity index (χ3n) is 4.44. The summed E-state index contributed by atoms with van der Waals surface area (Å²) in [5, 5.41) is 9.03. The molecule has 0 atom stereocenters. The molecule has 1 aliphatic rings. The topological polar surface area (TPSA) is 60.9 Å². The van der Waals surface area contributed by atoms with Gasteiger partial charge in [-0.05, 0) is 31.4 Å². The van der Waals surface area contributed by atoms with Gasteiger partial charge in [-0.2, -0.15) is 0 Å². The number of likely N-dealkylation sites (tertiary alicyclic amines) is 1. The van der Waals surface area contributed by atoms with E-state index in [1.165, 1.54) is 0 Å². The highest BCUT2D eigenvalue weighted by Crippen LogP contribution is 2.20. The third-order valence-corrected chi connectivity index (χ3v) is 4.44. The van der Waals surface area contributed by atoms with Gasteiger partial charge in [0.15, 0.2) is 0 Å². The van der Waals surface area contributed by atoms with Crippen LogP contribution in [0.25, 0.3) is 6.08 Å². The Hall–Kier alpha value is -2.14. The number of likely N-dealkylation sites (N-methyl/N-ethyl adjacent to an activating group) is 1. The number of hydrogen-bond donors (Lipinski definition) is 1. The molecule has 0 aliphatic carbocycles. The highest BCUT2D eigenvalue weighted by Gasteiger charge is 2.28. The molecule has 0 spiro atoms. The Morgan fingerprint density at radius 3 is 2.50 bits per heavy atom. The van der Waals surface area contributed by atoms with Gasteiger partial charge in [0, 0.05) is 38.2 Å². The zero-order chi connectivity index (χ0) is 17.4. The number of benzene rings is 1. The molecule has 1 heterocycles. The van der Waals surface area contributed by atoms with Crippen LogP contribution in [0.2, 0.25) is 0 Å². The van der Waals surface area contributed by atoms with Crippen molar-refractivity contribution in [2.75, 3.05) is 32.8 Å². The molecule has 130 valence electrons. The predicted octanol–water partition coefficient (Wildman–Crippen LogP) is 1.78. The van der Waals surface area contributed by atoms with Crippen molar-refractivity contribution < 1.29 is 14.7 Å². The van der Waals surface area contributed by atoms with E-state index in [0.29, 0.717) is 39.0 Å². The van der Waals surface area contributed by atoms with Gasteiger partial charge >= 0.3 is 0 Å². The van der Waals surface area contributed by atoms with E-state index in [0.717, 1.165) is 5.56 Å². The van der Waals surface area contributed by atoms with Crippen LogP contribution < -0.4 is 0 Å². The molecule has 0 radical (unpaired) electrons. The molecule has 0 unspecified atom stereocenters. The summed E-state index contributed by atoms with van der Waals surface area (Å²) in [5.74, 6) is 0.0459. The summed E-state index contributed by atoms with van der Waals surface area (Å²) in [4.78, 5) is 28.1. The molecule has 1 fully saturated rings. The van der Waals surface area contributed by atoms with Crippen molar-refractivity contribution >= 4 is 17.9 Å². The summed E-state index contributed by atoms with van der Waals surface area (Å²) in [6, 6.07) is 9.72. The summed E-state index contributed by atoms with van der Waals surface area (Å²) in [6.07, 6.45) is 4.79. The summed E-state index contributed by atoms with van der Waals surface area (Å²) < 4.78 is 0. The van der Waals surface area contributed by atoms with Gasteiger partial charge in [-0.15, -0.1) is 0 Å². The molecular weight excluding hydrogens is 304 g/mol. The lowest BCUT2D eigenvalue weighted by Gasteiger charge is -2.33. The van der Waals surface area contributed by atoms with E-state index in [1.54, 1.807) is 15.9 Å². The number of carbonyl (C=O) groups is 2. The van der Waals surface area contributed by atoms with Gasteiger partial charge in [-0.1, -0.05) is 30.3 Å². The summed E-state index contributed by atoms with van der Waals surface area (Å²) >= 11 is 0. The number of carbonyl (C=O) groups excluding carboxylic acids is 2. The smallest absolute Gasteiger partial charge is 0.246 e. The maximum absolute atomic E-state index is 12.4. The SMILES string of the molecule is CCN(CCO)C(=O)C1CCN(C(=O)C=Cc2ccccc2)CC1. The minimum atomic E-state index is -0.0429. The van der Waals surface area contributed by atoms with Crippen LogP contribution in [0.15, 0.2) is 36.4 Å². The minimum Gasteiger partial charge on any atom is -0.395 e. The van der Waals surface area contributed by atoms with Crippen LogP contribution >= 0.6 is 0 Å². The monoisotopic (exact) mass is 330 g/mol. The quantitative estimate of drug-likeness (QED) is 0.809. The average molecular weight is 330 g/mol. The Morgan fingerprint density at radius 1 is 1.25 bits per heavy atom. The lowest BCUT2D eigenvalue weighted by atomic mass is 9.95. The van der Waals surface area contributed by atoms with E-state index in [-0.39, 0.29) is 24.3 Å². The van der Waals surface area contributed by atoms with Gasteiger partial charge in [-0.3, -0.25) is 9.59 Å². The number of aliphatic hydroxyl groups is 1. The molecule has 5 heteroatoms. The molecule has 0 saturated carbocycles. The maximum atomic E-state index is 12.4. The molecule has 0 aromatic heterocycles. The molecule has 1 N–H and O–H groups in total. The molecule has 2 amide bonds. The molecule has 1 aromatic rings. The van der Waals surface area contributed by atoms with E-state index >= 15 is 0 Å². The molecule has 5 nitrogen and oxygen atoms in total. The van der Waals surface area contributed by atoms with Crippen LogP contribution in [-0.4, -0.2) is 59.5 Å². The van der Waals surface area contributed by atoms with E-state index < -0.39 is 0 Å². The number of hydrogen-bond acceptors (Lipinski definition) is 3. The Kier molecular flexibility index (Phi) is 7.00. The van der Waals surface area contributed by atoms with Crippen molar-refractivity contribution in [1.82, 2.24) is 9.80 Å². The molecule has 1 aromatic carbocycles. The first-order chi connectivity index (χ1) is 11.7. The van der Waals surface area contributed by atoms with E-state index in [2.05, 4.69) is 0 Å². The van der Waals surface area contributed by atoms with Crippen LogP contribution in [0.5, 0.6) is 0 Å². The van der Waals surface area contributed by atoms with Gasteiger partial charge in [-0.25, -0.2) is 0 Å². The summed E-state index contributed by atoms with van der Waals surface area (Å²) in [6.45, 7) is 4.10.